The van der Waals surface area contributed by atoms with E-state index >= 15 is 0 Å². The second kappa shape index (κ2) is 6.01. The fourth-order valence-corrected chi connectivity index (χ4v) is 0.622. The molecule has 0 aromatic carbocycles. The number of rotatable bonds is 5. The summed E-state index contributed by atoms with van der Waals surface area (Å²) in [5, 5.41) is 3.05. The van der Waals surface area contributed by atoms with Gasteiger partial charge in [0.05, 0.1) is 0 Å². The van der Waals surface area contributed by atoms with E-state index in [1.807, 2.05) is 0 Å². The largest absolute Gasteiger partial charge is 0.318 e. The minimum Gasteiger partial charge on any atom is -0.318 e. The molecule has 0 atom stereocenters. The van der Waals surface area contributed by atoms with E-state index in [4.69, 9.17) is 5.73 Å². The maximum Gasteiger partial charge on any atom is 0.0428 e. The number of hydrogen-bond acceptors (Lipinski definition) is 3. The molecule has 0 fully saturated rings. The number of nitrogens with one attached hydrogen (secondary N) is 1. The summed E-state index contributed by atoms with van der Waals surface area (Å²) < 4.78 is 0. The maximum atomic E-state index is 5.22. The quantitative estimate of drug-likeness (QED) is 0.388. The van der Waals surface area contributed by atoms with Crippen LogP contribution in [0, 0.1) is 0 Å². The van der Waals surface area contributed by atoms with Crippen molar-refractivity contribution < 1.29 is 0 Å². The Bertz CT molecular complexity index is 54.3. The molecule has 0 aromatic heterocycles. The Morgan fingerprint density at radius 3 is 2.56 bits per heavy atom. The molecule has 0 heterocycles. The van der Waals surface area contributed by atoms with Crippen molar-refractivity contribution >= 4 is 0 Å². The zero-order valence-electron chi connectivity index (χ0n) is 6.35. The van der Waals surface area contributed by atoms with Crippen LogP contribution in [-0.4, -0.2) is 38.8 Å². The van der Waals surface area contributed by atoms with Gasteiger partial charge in [-0.2, -0.15) is 0 Å². The van der Waals surface area contributed by atoms with Gasteiger partial charge in [0.25, 0.3) is 0 Å². The number of nitrogens with zero attached hydrogens (tertiary/aromatic N) is 1. The van der Waals surface area contributed by atoms with Crippen molar-refractivity contribution in [2.75, 3.05) is 33.9 Å². The van der Waals surface area contributed by atoms with E-state index in [9.17, 15) is 0 Å². The van der Waals surface area contributed by atoms with Gasteiger partial charge in [-0.3, -0.25) is 0 Å². The summed E-state index contributed by atoms with van der Waals surface area (Å²) in [5.74, 6) is 0. The van der Waals surface area contributed by atoms with Crippen molar-refractivity contribution in [3.05, 3.63) is 0 Å². The summed E-state index contributed by atoms with van der Waals surface area (Å²) in [6, 6.07) is 0. The van der Waals surface area contributed by atoms with Crippen molar-refractivity contribution in [2.24, 2.45) is 5.73 Å². The fraction of sp³-hybridized carbons (Fsp3) is 1.00. The molecule has 3 nitrogen and oxygen atoms in total. The second-order valence-electron chi connectivity index (χ2n) is 2.36. The number of hydrogen-bond donors (Lipinski definition) is 2. The van der Waals surface area contributed by atoms with E-state index < -0.39 is 0 Å². The van der Waals surface area contributed by atoms with Crippen LogP contribution in [0.15, 0.2) is 0 Å². The molecule has 0 spiro atoms. The van der Waals surface area contributed by atoms with Crippen LogP contribution >= 0.6 is 0 Å². The molecule has 0 saturated carbocycles. The Morgan fingerprint density at radius 2 is 2.11 bits per heavy atom. The zero-order chi connectivity index (χ0) is 7.11. The summed E-state index contributed by atoms with van der Waals surface area (Å²) in [7, 11) is 4.14. The Labute approximate surface area is 57.2 Å². The Morgan fingerprint density at radius 1 is 1.44 bits per heavy atom. The van der Waals surface area contributed by atoms with E-state index in [0.717, 1.165) is 13.1 Å². The molecule has 0 rings (SSSR count). The summed E-state index contributed by atoms with van der Waals surface area (Å²) in [5.41, 5.74) is 5.22. The van der Waals surface area contributed by atoms with Crippen LogP contribution in [0.25, 0.3) is 0 Å². The lowest BCUT2D eigenvalue weighted by molar-refractivity contribution is 0.395. The average molecular weight is 131 g/mol. The molecule has 0 aromatic rings. The standard InChI is InChI=1S/C6H17N3/c1-9(2)5-3-4-8-6-7/h8H,3-7H2,1-2H3. The lowest BCUT2D eigenvalue weighted by atomic mass is 10.4. The minimum atomic E-state index is 0.591. The summed E-state index contributed by atoms with van der Waals surface area (Å²) in [4.78, 5) is 2.16. The third kappa shape index (κ3) is 7.88. The first-order valence-corrected chi connectivity index (χ1v) is 3.33. The maximum absolute atomic E-state index is 5.22. The summed E-state index contributed by atoms with van der Waals surface area (Å²) in [6.07, 6.45) is 1.17. The van der Waals surface area contributed by atoms with Gasteiger partial charge < -0.3 is 16.0 Å². The topological polar surface area (TPSA) is 41.3 Å². The van der Waals surface area contributed by atoms with Crippen molar-refractivity contribution in [2.45, 2.75) is 6.42 Å². The smallest absolute Gasteiger partial charge is 0.0428 e. The first-order valence-electron chi connectivity index (χ1n) is 3.33. The zero-order valence-corrected chi connectivity index (χ0v) is 6.35. The fourth-order valence-electron chi connectivity index (χ4n) is 0.622. The molecule has 0 aliphatic heterocycles. The molecule has 3 heteroatoms. The summed E-state index contributed by atoms with van der Waals surface area (Å²) in [6.45, 7) is 2.75. The van der Waals surface area contributed by atoms with Crippen LogP contribution in [0.2, 0.25) is 0 Å². The Balaban J connectivity index is 2.75. The Hall–Kier alpha value is -0.120. The molecule has 0 amide bonds. The molecular weight excluding hydrogens is 114 g/mol. The highest BCUT2D eigenvalue weighted by molar-refractivity contribution is 4.46. The predicted octanol–water partition coefficient (Wildman–Crippen LogP) is -0.556. The van der Waals surface area contributed by atoms with Crippen LogP contribution in [0.1, 0.15) is 6.42 Å². The molecule has 9 heavy (non-hydrogen) atoms. The minimum absolute atomic E-state index is 0.591. The first kappa shape index (κ1) is 8.88. The average Bonchev–Trinajstić information content (AvgIpc) is 1.80. The van der Waals surface area contributed by atoms with Gasteiger partial charge in [-0.1, -0.05) is 0 Å². The van der Waals surface area contributed by atoms with Crippen molar-refractivity contribution in [1.82, 2.24) is 10.2 Å². The van der Waals surface area contributed by atoms with Gasteiger partial charge in [0.1, 0.15) is 0 Å². The van der Waals surface area contributed by atoms with E-state index in [-0.39, 0.29) is 0 Å². The molecule has 3 N–H and O–H groups in total. The predicted molar refractivity (Wildman–Crippen MR) is 40.2 cm³/mol. The van der Waals surface area contributed by atoms with Gasteiger partial charge in [0, 0.05) is 6.67 Å². The van der Waals surface area contributed by atoms with Crippen LogP contribution in [-0.2, 0) is 0 Å². The van der Waals surface area contributed by atoms with Crippen molar-refractivity contribution in [3.63, 3.8) is 0 Å². The molecule has 0 unspecified atom stereocenters. The Kier molecular flexibility index (Phi) is 5.93. The third-order valence-electron chi connectivity index (χ3n) is 1.10. The summed E-state index contributed by atoms with van der Waals surface area (Å²) >= 11 is 0. The van der Waals surface area contributed by atoms with Crippen LogP contribution < -0.4 is 11.1 Å². The molecule has 0 aliphatic rings. The lowest BCUT2D eigenvalue weighted by Gasteiger charge is -2.08. The highest BCUT2D eigenvalue weighted by Crippen LogP contribution is 1.78. The van der Waals surface area contributed by atoms with E-state index in [1.165, 1.54) is 6.42 Å². The SMILES string of the molecule is CN(C)CCCNCN. The molecule has 0 radical (unpaired) electrons. The van der Waals surface area contributed by atoms with Crippen LogP contribution in [0.5, 0.6) is 0 Å². The van der Waals surface area contributed by atoms with Gasteiger partial charge in [0.2, 0.25) is 0 Å². The van der Waals surface area contributed by atoms with E-state index in [1.54, 1.807) is 0 Å². The normalized spacial score (nSPS) is 10.7. The van der Waals surface area contributed by atoms with Crippen LogP contribution in [0.4, 0.5) is 0 Å². The lowest BCUT2D eigenvalue weighted by Crippen LogP contribution is -2.26. The van der Waals surface area contributed by atoms with Crippen LogP contribution in [0.3, 0.4) is 0 Å². The van der Waals surface area contributed by atoms with Gasteiger partial charge in [-0.05, 0) is 33.6 Å². The highest BCUT2D eigenvalue weighted by atomic mass is 15.1. The van der Waals surface area contributed by atoms with E-state index in [2.05, 4.69) is 24.3 Å². The molecule has 0 aliphatic carbocycles. The van der Waals surface area contributed by atoms with Gasteiger partial charge >= 0.3 is 0 Å². The van der Waals surface area contributed by atoms with Gasteiger partial charge in [0.15, 0.2) is 0 Å². The van der Waals surface area contributed by atoms with Crippen molar-refractivity contribution in [1.29, 1.82) is 0 Å². The molecule has 0 saturated heterocycles. The second-order valence-corrected chi connectivity index (χ2v) is 2.36. The van der Waals surface area contributed by atoms with Gasteiger partial charge in [-0.15, -0.1) is 0 Å². The molecule has 0 bridgehead atoms. The monoisotopic (exact) mass is 131 g/mol. The molecular formula is C6H17N3. The molecule has 56 valence electrons. The van der Waals surface area contributed by atoms with Crippen molar-refractivity contribution in [3.8, 4) is 0 Å². The van der Waals surface area contributed by atoms with E-state index in [0.29, 0.717) is 6.67 Å². The highest BCUT2D eigenvalue weighted by Gasteiger charge is 1.87. The first-order chi connectivity index (χ1) is 4.27. The number of nitrogens with two attached hydrogens (primary N) is 1. The third-order valence-corrected chi connectivity index (χ3v) is 1.10. The van der Waals surface area contributed by atoms with Gasteiger partial charge in [-0.25, -0.2) is 0 Å².